The Morgan fingerprint density at radius 1 is 1.30 bits per heavy atom. The van der Waals surface area contributed by atoms with Gasteiger partial charge in [0, 0.05) is 16.7 Å². The predicted molar refractivity (Wildman–Crippen MR) is 73.8 cm³/mol. The lowest BCUT2D eigenvalue weighted by molar-refractivity contribution is 0.482. The van der Waals surface area contributed by atoms with E-state index in [9.17, 15) is 16.8 Å². The van der Waals surface area contributed by atoms with Crippen LogP contribution in [0.4, 0.5) is 0 Å². The molecule has 1 aliphatic rings. The molecule has 114 valence electrons. The second kappa shape index (κ2) is 5.27. The Morgan fingerprint density at radius 2 is 1.95 bits per heavy atom. The predicted octanol–water partition coefficient (Wildman–Crippen LogP) is 1.43. The van der Waals surface area contributed by atoms with Crippen LogP contribution in [0.25, 0.3) is 0 Å². The van der Waals surface area contributed by atoms with E-state index in [1.165, 1.54) is 4.57 Å². The number of nitrogens with zero attached hydrogens (tertiary/aromatic N) is 3. The second-order valence-corrected chi connectivity index (χ2v) is 9.86. The average molecular weight is 342 g/mol. The van der Waals surface area contributed by atoms with Crippen molar-refractivity contribution in [2.45, 2.75) is 49.6 Å². The number of hydrogen-bond donors (Lipinski definition) is 0. The van der Waals surface area contributed by atoms with E-state index in [1.54, 1.807) is 13.8 Å². The Kier molecular flexibility index (Phi) is 4.14. The summed E-state index contributed by atoms with van der Waals surface area (Å²) in [6, 6.07) is -0.305. The van der Waals surface area contributed by atoms with Crippen LogP contribution in [0.1, 0.15) is 50.2 Å². The average Bonchev–Trinajstić information content (AvgIpc) is 2.72. The number of sulfone groups is 1. The summed E-state index contributed by atoms with van der Waals surface area (Å²) in [6.45, 7) is 3.46. The molecule has 1 saturated heterocycles. The highest BCUT2D eigenvalue weighted by molar-refractivity contribution is 8.13. The van der Waals surface area contributed by atoms with Gasteiger partial charge in [-0.2, -0.15) is 0 Å². The molecule has 10 heteroatoms. The van der Waals surface area contributed by atoms with Crippen LogP contribution in [-0.2, 0) is 18.9 Å². The summed E-state index contributed by atoms with van der Waals surface area (Å²) in [7, 11) is -2.06. The van der Waals surface area contributed by atoms with E-state index in [0.29, 0.717) is 12.8 Å². The Balaban J connectivity index is 2.61. The maximum Gasteiger partial charge on any atom is 0.296 e. The molecule has 0 N–H and O–H groups in total. The number of rotatable bonds is 3. The summed E-state index contributed by atoms with van der Waals surface area (Å²) in [5, 5.41) is 6.17. The maximum absolute atomic E-state index is 12.2. The van der Waals surface area contributed by atoms with Crippen LogP contribution < -0.4 is 0 Å². The van der Waals surface area contributed by atoms with Crippen LogP contribution in [0.15, 0.2) is 5.16 Å². The van der Waals surface area contributed by atoms with Crippen LogP contribution in [-0.4, -0.2) is 37.4 Å². The van der Waals surface area contributed by atoms with Gasteiger partial charge in [-0.3, -0.25) is 4.57 Å². The first-order chi connectivity index (χ1) is 9.14. The van der Waals surface area contributed by atoms with E-state index in [1.807, 2.05) is 0 Å². The molecule has 0 radical (unpaired) electrons. The van der Waals surface area contributed by atoms with Gasteiger partial charge in [-0.15, -0.1) is 10.2 Å². The first-order valence-corrected chi connectivity index (χ1v) is 10.3. The molecule has 1 aliphatic heterocycles. The van der Waals surface area contributed by atoms with Gasteiger partial charge in [0.05, 0.1) is 5.75 Å². The van der Waals surface area contributed by atoms with Crippen LogP contribution in [0.3, 0.4) is 0 Å². The third-order valence-electron chi connectivity index (χ3n) is 3.29. The van der Waals surface area contributed by atoms with Crippen molar-refractivity contribution >= 4 is 29.6 Å². The van der Waals surface area contributed by atoms with E-state index < -0.39 is 29.3 Å². The first-order valence-electron chi connectivity index (χ1n) is 6.25. The molecule has 1 aromatic heterocycles. The van der Waals surface area contributed by atoms with Crippen LogP contribution in [0, 0.1) is 0 Å². The van der Waals surface area contributed by atoms with Crippen LogP contribution >= 0.6 is 10.7 Å². The Hall–Kier alpha value is -0.670. The van der Waals surface area contributed by atoms with Gasteiger partial charge in [0.1, 0.15) is 5.25 Å². The lowest BCUT2D eigenvalue weighted by atomic mass is 10.2. The fraction of sp³-hybridized carbons (Fsp3) is 0.800. The third kappa shape index (κ3) is 2.84. The lowest BCUT2D eigenvalue weighted by Gasteiger charge is -2.23. The highest BCUT2D eigenvalue weighted by Crippen LogP contribution is 2.34. The zero-order valence-electron chi connectivity index (χ0n) is 11.2. The maximum atomic E-state index is 12.2. The molecule has 0 amide bonds. The molecule has 0 aliphatic carbocycles. The van der Waals surface area contributed by atoms with Gasteiger partial charge >= 0.3 is 0 Å². The van der Waals surface area contributed by atoms with Gasteiger partial charge in [-0.1, -0.05) is 6.42 Å². The molecule has 1 atom stereocenters. The molecular formula is C10H16ClN3O4S2. The van der Waals surface area contributed by atoms with E-state index in [-0.39, 0.29) is 17.6 Å². The van der Waals surface area contributed by atoms with E-state index in [2.05, 4.69) is 10.2 Å². The normalized spacial score (nSPS) is 23.1. The summed E-state index contributed by atoms with van der Waals surface area (Å²) < 4.78 is 48.6. The molecule has 0 aromatic carbocycles. The van der Waals surface area contributed by atoms with Crippen molar-refractivity contribution < 1.29 is 16.8 Å². The highest BCUT2D eigenvalue weighted by Gasteiger charge is 2.37. The monoisotopic (exact) mass is 341 g/mol. The molecule has 2 heterocycles. The first kappa shape index (κ1) is 15.7. The molecular weight excluding hydrogens is 326 g/mol. The summed E-state index contributed by atoms with van der Waals surface area (Å²) >= 11 is 0. The number of aromatic nitrogens is 3. The minimum Gasteiger partial charge on any atom is -0.297 e. The molecule has 0 spiro atoms. The van der Waals surface area contributed by atoms with E-state index >= 15 is 0 Å². The van der Waals surface area contributed by atoms with Gasteiger partial charge in [-0.25, -0.2) is 16.8 Å². The van der Waals surface area contributed by atoms with Gasteiger partial charge in [0.2, 0.25) is 0 Å². The number of halogens is 1. The van der Waals surface area contributed by atoms with Crippen molar-refractivity contribution in [1.82, 2.24) is 14.8 Å². The smallest absolute Gasteiger partial charge is 0.296 e. The molecule has 1 fully saturated rings. The minimum atomic E-state index is -4.07. The molecule has 7 nitrogen and oxygen atoms in total. The summed E-state index contributed by atoms with van der Waals surface area (Å²) in [4.78, 5) is 0. The molecule has 2 rings (SSSR count). The summed E-state index contributed by atoms with van der Waals surface area (Å²) in [5.74, 6) is 0.255. The fourth-order valence-corrected chi connectivity index (χ4v) is 5.30. The second-order valence-electron chi connectivity index (χ2n) is 5.09. The quantitative estimate of drug-likeness (QED) is 0.771. The van der Waals surface area contributed by atoms with Crippen molar-refractivity contribution in [3.63, 3.8) is 0 Å². The van der Waals surface area contributed by atoms with E-state index in [4.69, 9.17) is 10.7 Å². The summed E-state index contributed by atoms with van der Waals surface area (Å²) in [5.41, 5.74) is 0. The largest absolute Gasteiger partial charge is 0.297 e. The molecule has 0 saturated carbocycles. The van der Waals surface area contributed by atoms with Crippen molar-refractivity contribution in [3.8, 4) is 0 Å². The molecule has 1 aromatic rings. The van der Waals surface area contributed by atoms with Crippen LogP contribution in [0.5, 0.6) is 0 Å². The Labute approximate surface area is 122 Å². The third-order valence-corrected chi connectivity index (χ3v) is 6.59. The van der Waals surface area contributed by atoms with Gasteiger partial charge in [0.15, 0.2) is 15.7 Å². The van der Waals surface area contributed by atoms with Crippen molar-refractivity contribution in [1.29, 1.82) is 0 Å². The van der Waals surface area contributed by atoms with Gasteiger partial charge in [-0.05, 0) is 26.7 Å². The van der Waals surface area contributed by atoms with Crippen molar-refractivity contribution in [2.24, 2.45) is 0 Å². The van der Waals surface area contributed by atoms with Crippen LogP contribution in [0.2, 0.25) is 0 Å². The lowest BCUT2D eigenvalue weighted by Crippen LogP contribution is -2.25. The molecule has 1 unspecified atom stereocenters. The topological polar surface area (TPSA) is 99.0 Å². The van der Waals surface area contributed by atoms with Gasteiger partial charge < -0.3 is 0 Å². The minimum absolute atomic E-state index is 0.0889. The zero-order valence-corrected chi connectivity index (χ0v) is 13.5. The van der Waals surface area contributed by atoms with Gasteiger partial charge in [0.25, 0.3) is 14.2 Å². The SMILES string of the molecule is CC(C)n1c(C2CCCCS2(=O)=O)nnc1S(=O)(=O)Cl. The molecule has 0 bridgehead atoms. The fourth-order valence-electron chi connectivity index (χ4n) is 2.40. The Morgan fingerprint density at radius 3 is 2.45 bits per heavy atom. The summed E-state index contributed by atoms with van der Waals surface area (Å²) in [6.07, 6.45) is 1.81. The van der Waals surface area contributed by atoms with Crippen molar-refractivity contribution in [3.05, 3.63) is 5.82 Å². The van der Waals surface area contributed by atoms with E-state index in [0.717, 1.165) is 6.42 Å². The van der Waals surface area contributed by atoms with Crippen molar-refractivity contribution in [2.75, 3.05) is 5.75 Å². The standard InChI is InChI=1S/C10H16ClN3O4S2/c1-7(2)14-9(12-13-10(14)20(11,17)18)8-5-3-4-6-19(8,15)16/h7-8H,3-6H2,1-2H3. The highest BCUT2D eigenvalue weighted by atomic mass is 35.7. The Bertz CT molecular complexity index is 709. The zero-order chi connectivity index (χ0) is 15.1. The molecule has 20 heavy (non-hydrogen) atoms. The number of hydrogen-bond acceptors (Lipinski definition) is 6.